The van der Waals surface area contributed by atoms with Crippen molar-refractivity contribution in [3.63, 3.8) is 0 Å². The molecule has 0 aromatic heterocycles. The molecule has 1 aliphatic carbocycles. The van der Waals surface area contributed by atoms with Crippen LogP contribution < -0.4 is 10.6 Å². The third-order valence-electron chi connectivity index (χ3n) is 7.52. The Morgan fingerprint density at radius 2 is 1.67 bits per heavy atom. The van der Waals surface area contributed by atoms with Crippen molar-refractivity contribution < 1.29 is 14.7 Å². The van der Waals surface area contributed by atoms with Crippen molar-refractivity contribution in [1.29, 1.82) is 0 Å². The van der Waals surface area contributed by atoms with E-state index in [0.717, 1.165) is 18.5 Å². The smallest absolute Gasteiger partial charge is 0.237 e. The van der Waals surface area contributed by atoms with Gasteiger partial charge in [0.2, 0.25) is 11.8 Å². The first kappa shape index (κ1) is 28.6. The third kappa shape index (κ3) is 8.88. The molecule has 0 unspecified atom stereocenters. The number of aliphatic hydroxyl groups excluding tert-OH is 1. The van der Waals surface area contributed by atoms with Gasteiger partial charge in [-0.05, 0) is 62.8 Å². The fourth-order valence-electron chi connectivity index (χ4n) is 5.89. The summed E-state index contributed by atoms with van der Waals surface area (Å²) >= 11 is 0. The second-order valence-electron chi connectivity index (χ2n) is 13.4. The van der Waals surface area contributed by atoms with Gasteiger partial charge in [0, 0.05) is 25.0 Å². The number of benzene rings is 1. The zero-order chi connectivity index (χ0) is 26.5. The standard InChI is InChI=1S/C30H49N3O3/c1-29(2,3)18-27(35)31-24(16-21-12-8-7-9-13-21)26(34)20-33-19-23-15-11-10-14-22(23)17-25(33)28(36)32-30(4,5)6/h7-9,12-13,22-26,34H,10-11,14-20H2,1-6H3,(H,31,35)(H,32,36)/t22-,23+,24-,25-,26+/m0/s1. The number of nitrogens with one attached hydrogen (secondary N) is 2. The molecule has 1 aromatic carbocycles. The van der Waals surface area contributed by atoms with Gasteiger partial charge in [-0.3, -0.25) is 14.5 Å². The number of likely N-dealkylation sites (tertiary alicyclic amines) is 1. The highest BCUT2D eigenvalue weighted by molar-refractivity contribution is 5.82. The molecule has 202 valence electrons. The van der Waals surface area contributed by atoms with Gasteiger partial charge >= 0.3 is 0 Å². The maximum absolute atomic E-state index is 13.4. The fourth-order valence-corrected chi connectivity index (χ4v) is 5.89. The molecule has 36 heavy (non-hydrogen) atoms. The third-order valence-corrected chi connectivity index (χ3v) is 7.52. The number of rotatable bonds is 8. The molecule has 3 N–H and O–H groups in total. The molecular formula is C30H49N3O3. The fraction of sp³-hybridized carbons (Fsp3) is 0.733. The molecule has 1 saturated heterocycles. The number of piperidine rings is 1. The molecule has 2 aliphatic rings. The summed E-state index contributed by atoms with van der Waals surface area (Å²) in [5.41, 5.74) is 0.637. The van der Waals surface area contributed by atoms with E-state index >= 15 is 0 Å². The minimum atomic E-state index is -0.779. The lowest BCUT2D eigenvalue weighted by Gasteiger charge is -2.47. The van der Waals surface area contributed by atoms with E-state index in [2.05, 4.69) is 15.5 Å². The molecule has 1 heterocycles. The number of carbonyl (C=O) groups excluding carboxylic acids is 2. The minimum Gasteiger partial charge on any atom is -0.390 e. The van der Waals surface area contributed by atoms with Crippen LogP contribution in [0.1, 0.15) is 85.6 Å². The molecule has 1 saturated carbocycles. The molecule has 1 aliphatic heterocycles. The van der Waals surface area contributed by atoms with Gasteiger partial charge in [0.15, 0.2) is 0 Å². The molecule has 2 fully saturated rings. The summed E-state index contributed by atoms with van der Waals surface area (Å²) in [6, 6.07) is 9.33. The normalized spacial score (nSPS) is 24.9. The monoisotopic (exact) mass is 499 g/mol. The van der Waals surface area contributed by atoms with Crippen LogP contribution in [0.2, 0.25) is 0 Å². The Labute approximate surface area is 218 Å². The van der Waals surface area contributed by atoms with Crippen LogP contribution in [-0.4, -0.2) is 58.6 Å². The summed E-state index contributed by atoms with van der Waals surface area (Å²) < 4.78 is 0. The highest BCUT2D eigenvalue weighted by atomic mass is 16.3. The number of carbonyl (C=O) groups is 2. The summed E-state index contributed by atoms with van der Waals surface area (Å²) in [6.07, 6.45) is 5.90. The van der Waals surface area contributed by atoms with Gasteiger partial charge in [-0.2, -0.15) is 0 Å². The Kier molecular flexibility index (Phi) is 9.62. The highest BCUT2D eigenvalue weighted by Crippen LogP contribution is 2.39. The average Bonchev–Trinajstić information content (AvgIpc) is 2.76. The second-order valence-corrected chi connectivity index (χ2v) is 13.4. The van der Waals surface area contributed by atoms with Gasteiger partial charge in [0.05, 0.1) is 18.2 Å². The number of fused-ring (bicyclic) bond motifs is 1. The molecule has 0 radical (unpaired) electrons. The summed E-state index contributed by atoms with van der Waals surface area (Å²) in [5.74, 6) is 1.16. The molecule has 5 atom stereocenters. The van der Waals surface area contributed by atoms with Crippen LogP contribution in [0.5, 0.6) is 0 Å². The van der Waals surface area contributed by atoms with Crippen molar-refractivity contribution in [2.45, 2.75) is 110 Å². The predicted octanol–water partition coefficient (Wildman–Crippen LogP) is 4.31. The number of aliphatic hydroxyl groups is 1. The minimum absolute atomic E-state index is 0.0458. The van der Waals surface area contributed by atoms with E-state index < -0.39 is 12.1 Å². The van der Waals surface area contributed by atoms with Crippen molar-refractivity contribution in [3.05, 3.63) is 35.9 Å². The first-order chi connectivity index (χ1) is 16.8. The summed E-state index contributed by atoms with van der Waals surface area (Å²) in [4.78, 5) is 28.4. The Bertz CT molecular complexity index is 858. The molecule has 0 bridgehead atoms. The van der Waals surface area contributed by atoms with Crippen LogP contribution in [0.4, 0.5) is 0 Å². The van der Waals surface area contributed by atoms with Crippen LogP contribution in [0.15, 0.2) is 30.3 Å². The van der Waals surface area contributed by atoms with Crippen molar-refractivity contribution in [2.24, 2.45) is 17.3 Å². The van der Waals surface area contributed by atoms with Crippen LogP contribution in [0.25, 0.3) is 0 Å². The lowest BCUT2D eigenvalue weighted by Crippen LogP contribution is -2.60. The van der Waals surface area contributed by atoms with Crippen molar-refractivity contribution in [2.75, 3.05) is 13.1 Å². The van der Waals surface area contributed by atoms with Gasteiger partial charge in [-0.1, -0.05) is 70.4 Å². The Morgan fingerprint density at radius 1 is 1.03 bits per heavy atom. The number of hydrogen-bond donors (Lipinski definition) is 3. The van der Waals surface area contributed by atoms with E-state index in [-0.39, 0.29) is 28.8 Å². The van der Waals surface area contributed by atoms with Gasteiger partial charge < -0.3 is 15.7 Å². The summed E-state index contributed by atoms with van der Waals surface area (Å²) in [5, 5.41) is 17.8. The first-order valence-corrected chi connectivity index (χ1v) is 13.9. The van der Waals surface area contributed by atoms with E-state index in [1.807, 2.05) is 71.9 Å². The molecule has 0 spiro atoms. The van der Waals surface area contributed by atoms with E-state index in [0.29, 0.717) is 31.2 Å². The molecule has 2 amide bonds. The zero-order valence-corrected chi connectivity index (χ0v) is 23.3. The molecule has 3 rings (SSSR count). The van der Waals surface area contributed by atoms with E-state index in [4.69, 9.17) is 0 Å². The number of β-amino-alcohol motifs (C(OH)–C–C–N with tert-alkyl or cyclic N) is 1. The Morgan fingerprint density at radius 3 is 2.28 bits per heavy atom. The first-order valence-electron chi connectivity index (χ1n) is 13.9. The van der Waals surface area contributed by atoms with Crippen molar-refractivity contribution >= 4 is 11.8 Å². The van der Waals surface area contributed by atoms with Crippen LogP contribution in [0.3, 0.4) is 0 Å². The van der Waals surface area contributed by atoms with Crippen LogP contribution in [0, 0.1) is 17.3 Å². The summed E-state index contributed by atoms with van der Waals surface area (Å²) in [7, 11) is 0. The lowest BCUT2D eigenvalue weighted by atomic mass is 9.72. The highest BCUT2D eigenvalue weighted by Gasteiger charge is 2.41. The van der Waals surface area contributed by atoms with Gasteiger partial charge in [-0.25, -0.2) is 0 Å². The predicted molar refractivity (Wildman–Crippen MR) is 145 cm³/mol. The Hall–Kier alpha value is -1.92. The topological polar surface area (TPSA) is 81.7 Å². The van der Waals surface area contributed by atoms with E-state index in [1.54, 1.807) is 0 Å². The van der Waals surface area contributed by atoms with E-state index in [1.165, 1.54) is 25.7 Å². The van der Waals surface area contributed by atoms with E-state index in [9.17, 15) is 14.7 Å². The number of amides is 2. The van der Waals surface area contributed by atoms with Crippen LogP contribution in [-0.2, 0) is 16.0 Å². The Balaban J connectivity index is 1.78. The lowest BCUT2D eigenvalue weighted by molar-refractivity contribution is -0.133. The molecule has 6 heteroatoms. The van der Waals surface area contributed by atoms with Crippen molar-refractivity contribution in [1.82, 2.24) is 15.5 Å². The largest absolute Gasteiger partial charge is 0.390 e. The molecule has 6 nitrogen and oxygen atoms in total. The second kappa shape index (κ2) is 12.1. The summed E-state index contributed by atoms with van der Waals surface area (Å²) in [6.45, 7) is 13.4. The van der Waals surface area contributed by atoms with Crippen molar-refractivity contribution in [3.8, 4) is 0 Å². The average molecular weight is 500 g/mol. The van der Waals surface area contributed by atoms with Crippen LogP contribution >= 0.6 is 0 Å². The maximum atomic E-state index is 13.4. The quantitative estimate of drug-likeness (QED) is 0.498. The number of hydrogen-bond acceptors (Lipinski definition) is 4. The maximum Gasteiger partial charge on any atom is 0.237 e. The van der Waals surface area contributed by atoms with Gasteiger partial charge in [0.1, 0.15) is 0 Å². The number of nitrogens with zero attached hydrogens (tertiary/aromatic N) is 1. The SMILES string of the molecule is CC(C)(C)CC(=O)N[C@@H](Cc1ccccc1)[C@H](O)CN1C[C@H]2CCCC[C@H]2C[C@H]1C(=O)NC(C)(C)C. The molecule has 1 aromatic rings. The molecular weight excluding hydrogens is 450 g/mol. The zero-order valence-electron chi connectivity index (χ0n) is 23.3. The van der Waals surface area contributed by atoms with Gasteiger partial charge in [-0.15, -0.1) is 0 Å². The van der Waals surface area contributed by atoms with Gasteiger partial charge in [0.25, 0.3) is 0 Å².